The Morgan fingerprint density at radius 2 is 1.60 bits per heavy atom. The van der Waals surface area contributed by atoms with E-state index in [0.717, 1.165) is 28.9 Å². The molecule has 0 saturated heterocycles. The van der Waals surface area contributed by atoms with E-state index in [1.165, 1.54) is 31.2 Å². The van der Waals surface area contributed by atoms with Gasteiger partial charge in [0.15, 0.2) is 0 Å². The third-order valence-electron chi connectivity index (χ3n) is 3.66. The lowest BCUT2D eigenvalue weighted by molar-refractivity contribution is 0.667. The smallest absolute Gasteiger partial charge is 0.0395 e. The van der Waals surface area contributed by atoms with Crippen LogP contribution < -0.4 is 11.5 Å². The lowest BCUT2D eigenvalue weighted by Gasteiger charge is -2.08. The molecule has 0 spiro atoms. The highest BCUT2D eigenvalue weighted by Gasteiger charge is 2.03. The van der Waals surface area contributed by atoms with E-state index in [-0.39, 0.29) is 0 Å². The first-order chi connectivity index (χ1) is 9.70. The summed E-state index contributed by atoms with van der Waals surface area (Å²) in [4.78, 5) is 0. The predicted octanol–water partition coefficient (Wildman–Crippen LogP) is 4.64. The number of rotatable bonds is 6. The van der Waals surface area contributed by atoms with Crippen molar-refractivity contribution < 1.29 is 0 Å². The van der Waals surface area contributed by atoms with Crippen molar-refractivity contribution in [2.24, 2.45) is 0 Å². The minimum Gasteiger partial charge on any atom is -0.399 e. The minimum atomic E-state index is 0.748. The molecule has 0 bridgehead atoms. The van der Waals surface area contributed by atoms with Crippen LogP contribution in [0.3, 0.4) is 0 Å². The van der Waals surface area contributed by atoms with Crippen LogP contribution in [0.2, 0.25) is 0 Å². The number of hydrogen-bond donors (Lipinski definition) is 2. The fourth-order valence-corrected chi connectivity index (χ4v) is 2.43. The van der Waals surface area contributed by atoms with Crippen molar-refractivity contribution in [3.8, 4) is 11.1 Å². The molecule has 0 amide bonds. The number of unbranched alkanes of at least 4 members (excludes halogenated alkanes) is 3. The quantitative estimate of drug-likeness (QED) is 0.592. The fraction of sp³-hybridized carbons (Fsp3) is 0.333. The molecule has 2 aromatic rings. The molecule has 0 radical (unpaired) electrons. The monoisotopic (exact) mass is 268 g/mol. The average molecular weight is 268 g/mol. The van der Waals surface area contributed by atoms with Crippen molar-refractivity contribution in [1.29, 1.82) is 0 Å². The van der Waals surface area contributed by atoms with Crippen LogP contribution in [0.25, 0.3) is 11.1 Å². The molecule has 0 fully saturated rings. The van der Waals surface area contributed by atoms with Crippen molar-refractivity contribution in [3.05, 3.63) is 48.0 Å². The van der Waals surface area contributed by atoms with Crippen LogP contribution in [0.15, 0.2) is 42.5 Å². The van der Waals surface area contributed by atoms with Crippen LogP contribution >= 0.6 is 0 Å². The molecule has 2 nitrogen and oxygen atoms in total. The molecule has 0 unspecified atom stereocenters. The van der Waals surface area contributed by atoms with Gasteiger partial charge in [0.1, 0.15) is 0 Å². The number of anilines is 2. The Bertz CT molecular complexity index is 544. The van der Waals surface area contributed by atoms with Gasteiger partial charge in [-0.25, -0.2) is 0 Å². The van der Waals surface area contributed by atoms with Crippen LogP contribution in [0.1, 0.15) is 38.2 Å². The number of aryl methyl sites for hydroxylation is 1. The highest BCUT2D eigenvalue weighted by molar-refractivity contribution is 5.79. The predicted molar refractivity (Wildman–Crippen MR) is 88.5 cm³/mol. The molecule has 4 N–H and O–H groups in total. The van der Waals surface area contributed by atoms with Crippen molar-refractivity contribution in [2.75, 3.05) is 11.5 Å². The van der Waals surface area contributed by atoms with Gasteiger partial charge in [0.25, 0.3) is 0 Å². The summed E-state index contributed by atoms with van der Waals surface area (Å²) in [6, 6.07) is 14.3. The van der Waals surface area contributed by atoms with Gasteiger partial charge in [-0.3, -0.25) is 0 Å². The molecular formula is C18H24N2. The highest BCUT2D eigenvalue weighted by atomic mass is 14.6. The van der Waals surface area contributed by atoms with Gasteiger partial charge in [-0.1, -0.05) is 50.5 Å². The summed E-state index contributed by atoms with van der Waals surface area (Å²) in [6.45, 7) is 2.24. The third-order valence-corrected chi connectivity index (χ3v) is 3.66. The van der Waals surface area contributed by atoms with E-state index in [1.54, 1.807) is 0 Å². The van der Waals surface area contributed by atoms with Crippen LogP contribution in [-0.4, -0.2) is 0 Å². The summed E-state index contributed by atoms with van der Waals surface area (Å²) in [5.74, 6) is 0. The van der Waals surface area contributed by atoms with E-state index in [2.05, 4.69) is 31.2 Å². The van der Waals surface area contributed by atoms with E-state index in [1.807, 2.05) is 18.2 Å². The number of benzene rings is 2. The van der Waals surface area contributed by atoms with Gasteiger partial charge in [-0.2, -0.15) is 0 Å². The SMILES string of the molecule is CCCCCCc1ccc(-c2cc(N)ccc2N)cc1. The molecule has 0 aromatic heterocycles. The summed E-state index contributed by atoms with van der Waals surface area (Å²) in [5.41, 5.74) is 16.9. The normalized spacial score (nSPS) is 10.7. The number of hydrogen-bond acceptors (Lipinski definition) is 2. The van der Waals surface area contributed by atoms with Gasteiger partial charge in [-0.05, 0) is 42.2 Å². The molecule has 106 valence electrons. The van der Waals surface area contributed by atoms with Crippen molar-refractivity contribution >= 4 is 11.4 Å². The van der Waals surface area contributed by atoms with E-state index in [0.29, 0.717) is 0 Å². The van der Waals surface area contributed by atoms with Crippen molar-refractivity contribution in [3.63, 3.8) is 0 Å². The van der Waals surface area contributed by atoms with Crippen LogP contribution in [-0.2, 0) is 6.42 Å². The first kappa shape index (κ1) is 14.4. The third kappa shape index (κ3) is 3.77. The molecule has 0 saturated carbocycles. The van der Waals surface area contributed by atoms with Crippen molar-refractivity contribution in [2.45, 2.75) is 39.0 Å². The maximum atomic E-state index is 6.02. The zero-order valence-corrected chi connectivity index (χ0v) is 12.2. The first-order valence-electron chi connectivity index (χ1n) is 7.45. The maximum absolute atomic E-state index is 6.02. The van der Waals surface area contributed by atoms with Gasteiger partial charge >= 0.3 is 0 Å². The molecule has 0 heterocycles. The molecular weight excluding hydrogens is 244 g/mol. The number of nitrogens with two attached hydrogens (primary N) is 2. The molecule has 2 aromatic carbocycles. The summed E-state index contributed by atoms with van der Waals surface area (Å²) in [7, 11) is 0. The van der Waals surface area contributed by atoms with E-state index >= 15 is 0 Å². The molecule has 2 rings (SSSR count). The zero-order valence-electron chi connectivity index (χ0n) is 12.2. The van der Waals surface area contributed by atoms with Gasteiger partial charge < -0.3 is 11.5 Å². The molecule has 2 heteroatoms. The molecule has 0 aliphatic heterocycles. The van der Waals surface area contributed by atoms with Crippen LogP contribution in [0, 0.1) is 0 Å². The highest BCUT2D eigenvalue weighted by Crippen LogP contribution is 2.28. The number of nitrogen functional groups attached to an aromatic ring is 2. The van der Waals surface area contributed by atoms with E-state index in [4.69, 9.17) is 11.5 Å². The van der Waals surface area contributed by atoms with Crippen LogP contribution in [0.5, 0.6) is 0 Å². The van der Waals surface area contributed by atoms with E-state index in [9.17, 15) is 0 Å². The summed E-state index contributed by atoms with van der Waals surface area (Å²) in [6.07, 6.45) is 6.37. The Morgan fingerprint density at radius 3 is 2.30 bits per heavy atom. The summed E-state index contributed by atoms with van der Waals surface area (Å²) >= 11 is 0. The second-order valence-electron chi connectivity index (χ2n) is 5.35. The lowest BCUT2D eigenvalue weighted by Crippen LogP contribution is -1.93. The average Bonchev–Trinajstić information content (AvgIpc) is 2.47. The zero-order chi connectivity index (χ0) is 14.4. The molecule has 0 atom stereocenters. The van der Waals surface area contributed by atoms with Crippen LogP contribution in [0.4, 0.5) is 11.4 Å². The first-order valence-corrected chi connectivity index (χ1v) is 7.45. The Morgan fingerprint density at radius 1 is 0.850 bits per heavy atom. The largest absolute Gasteiger partial charge is 0.399 e. The standard InChI is InChI=1S/C18H24N2/c1-2-3-4-5-6-14-7-9-15(10-8-14)17-13-16(19)11-12-18(17)20/h7-13H,2-6,19-20H2,1H3. The Labute approximate surface area is 121 Å². The fourth-order valence-electron chi connectivity index (χ4n) is 2.43. The summed E-state index contributed by atoms with van der Waals surface area (Å²) < 4.78 is 0. The molecule has 0 aliphatic carbocycles. The molecule has 20 heavy (non-hydrogen) atoms. The Hall–Kier alpha value is -1.96. The van der Waals surface area contributed by atoms with Gasteiger partial charge in [0.05, 0.1) is 0 Å². The summed E-state index contributed by atoms with van der Waals surface area (Å²) in [5, 5.41) is 0. The van der Waals surface area contributed by atoms with Gasteiger partial charge in [0, 0.05) is 16.9 Å². The second-order valence-corrected chi connectivity index (χ2v) is 5.35. The minimum absolute atomic E-state index is 0.748. The Balaban J connectivity index is 2.06. The topological polar surface area (TPSA) is 52.0 Å². The van der Waals surface area contributed by atoms with Crippen molar-refractivity contribution in [1.82, 2.24) is 0 Å². The van der Waals surface area contributed by atoms with Gasteiger partial charge in [0.2, 0.25) is 0 Å². The van der Waals surface area contributed by atoms with Gasteiger partial charge in [-0.15, -0.1) is 0 Å². The second kappa shape index (κ2) is 6.99. The Kier molecular flexibility index (Phi) is 5.05. The maximum Gasteiger partial charge on any atom is 0.0395 e. The lowest BCUT2D eigenvalue weighted by atomic mass is 9.99. The molecule has 0 aliphatic rings. The van der Waals surface area contributed by atoms with E-state index < -0.39 is 0 Å².